The van der Waals surface area contributed by atoms with Crippen LogP contribution in [0, 0.1) is 0 Å². The fourth-order valence-electron chi connectivity index (χ4n) is 2.02. The Kier molecular flexibility index (Phi) is 5.26. The number of carbonyl (C=O) groups excluding carboxylic acids is 2. The molecule has 0 saturated heterocycles. The number of anilines is 1. The topological polar surface area (TPSA) is 46.2 Å². The Morgan fingerprint density at radius 3 is 1.87 bits per heavy atom. The Balaban J connectivity index is 2.03. The maximum absolute atomic E-state index is 12.2. The molecule has 0 atom stereocenters. The lowest BCUT2D eigenvalue weighted by Crippen LogP contribution is -2.12. The largest absolute Gasteiger partial charge is 0.322 e. The van der Waals surface area contributed by atoms with E-state index in [1.807, 2.05) is 24.3 Å². The monoisotopic (exact) mass is 327 g/mol. The van der Waals surface area contributed by atoms with E-state index in [4.69, 9.17) is 0 Å². The molecule has 0 bridgehead atoms. The number of hydrogen-bond donors (Lipinski definition) is 1. The van der Waals surface area contributed by atoms with Gasteiger partial charge in [-0.2, -0.15) is 0 Å². The number of nitrogens with one attached hydrogen (secondary N) is 1. The Bertz CT molecular complexity index is 698. The van der Waals surface area contributed by atoms with Crippen LogP contribution in [-0.4, -0.2) is 16.4 Å². The average Bonchev–Trinajstić information content (AvgIpc) is 2.48. The molecule has 2 aromatic rings. The molecule has 0 heterocycles. The predicted octanol–water partition coefficient (Wildman–Crippen LogP) is 5.03. The highest BCUT2D eigenvalue weighted by Gasteiger charge is 2.12. The summed E-state index contributed by atoms with van der Waals surface area (Å²) in [6.07, 6.45) is 0. The van der Waals surface area contributed by atoms with Gasteiger partial charge in [0.05, 0.1) is 0 Å². The summed E-state index contributed by atoms with van der Waals surface area (Å²) in [4.78, 5) is 24.6. The number of Topliss-reactive ketones (excluding diaryl/α,β-unsaturated/α-hetero) is 1. The molecule has 0 saturated carbocycles. The van der Waals surface area contributed by atoms with Crippen molar-refractivity contribution in [2.24, 2.45) is 0 Å². The molecule has 0 aliphatic heterocycles. The zero-order valence-corrected chi connectivity index (χ0v) is 14.7. The SMILES string of the molecule is CC(=O)c1ccc(C(=O)Nc2ccc(SC(C)(C)C)cc2)cc1. The number of hydrogen-bond acceptors (Lipinski definition) is 3. The maximum atomic E-state index is 12.2. The van der Waals surface area contributed by atoms with Gasteiger partial charge in [0, 0.05) is 26.5 Å². The van der Waals surface area contributed by atoms with Crippen molar-refractivity contribution in [2.75, 3.05) is 5.32 Å². The second-order valence-corrected chi connectivity index (χ2v) is 8.23. The van der Waals surface area contributed by atoms with Crippen LogP contribution >= 0.6 is 11.8 Å². The van der Waals surface area contributed by atoms with E-state index >= 15 is 0 Å². The van der Waals surface area contributed by atoms with Crippen molar-refractivity contribution >= 4 is 29.1 Å². The zero-order chi connectivity index (χ0) is 17.0. The van der Waals surface area contributed by atoms with Gasteiger partial charge in [0.2, 0.25) is 0 Å². The van der Waals surface area contributed by atoms with E-state index in [-0.39, 0.29) is 16.4 Å². The van der Waals surface area contributed by atoms with Crippen LogP contribution in [0.15, 0.2) is 53.4 Å². The third kappa shape index (κ3) is 5.25. The quantitative estimate of drug-likeness (QED) is 0.632. The summed E-state index contributed by atoms with van der Waals surface area (Å²) in [7, 11) is 0. The minimum Gasteiger partial charge on any atom is -0.322 e. The van der Waals surface area contributed by atoms with Crippen molar-refractivity contribution in [1.29, 1.82) is 0 Å². The second kappa shape index (κ2) is 7.01. The van der Waals surface area contributed by atoms with E-state index in [1.54, 1.807) is 36.0 Å². The van der Waals surface area contributed by atoms with Gasteiger partial charge >= 0.3 is 0 Å². The molecule has 0 aromatic heterocycles. The van der Waals surface area contributed by atoms with Crippen LogP contribution in [0.2, 0.25) is 0 Å². The van der Waals surface area contributed by atoms with Gasteiger partial charge in [0.15, 0.2) is 5.78 Å². The number of rotatable bonds is 4. The number of thioether (sulfide) groups is 1. The first-order valence-electron chi connectivity index (χ1n) is 7.46. The zero-order valence-electron chi connectivity index (χ0n) is 13.8. The van der Waals surface area contributed by atoms with Gasteiger partial charge in [-0.15, -0.1) is 11.8 Å². The minimum atomic E-state index is -0.184. The van der Waals surface area contributed by atoms with Crippen LogP contribution in [0.3, 0.4) is 0 Å². The summed E-state index contributed by atoms with van der Waals surface area (Å²) in [6, 6.07) is 14.5. The van der Waals surface area contributed by atoms with Crippen molar-refractivity contribution in [3.05, 3.63) is 59.7 Å². The van der Waals surface area contributed by atoms with Crippen molar-refractivity contribution in [3.63, 3.8) is 0 Å². The summed E-state index contributed by atoms with van der Waals surface area (Å²) in [5.74, 6) is -0.194. The lowest BCUT2D eigenvalue weighted by atomic mass is 10.1. The van der Waals surface area contributed by atoms with E-state index in [9.17, 15) is 9.59 Å². The molecule has 0 fully saturated rings. The first-order chi connectivity index (χ1) is 10.7. The molecule has 4 heteroatoms. The Labute approximate surface area is 141 Å². The fraction of sp³-hybridized carbons (Fsp3) is 0.263. The van der Waals surface area contributed by atoms with Crippen LogP contribution in [0.5, 0.6) is 0 Å². The van der Waals surface area contributed by atoms with E-state index in [0.29, 0.717) is 11.1 Å². The van der Waals surface area contributed by atoms with Crippen LogP contribution in [0.1, 0.15) is 48.4 Å². The summed E-state index contributed by atoms with van der Waals surface area (Å²) >= 11 is 1.78. The highest BCUT2D eigenvalue weighted by atomic mass is 32.2. The number of benzene rings is 2. The van der Waals surface area contributed by atoms with Gasteiger partial charge in [-0.3, -0.25) is 9.59 Å². The molecule has 120 valence electrons. The van der Waals surface area contributed by atoms with Crippen molar-refractivity contribution < 1.29 is 9.59 Å². The van der Waals surface area contributed by atoms with Gasteiger partial charge in [-0.05, 0) is 43.3 Å². The molecule has 0 unspecified atom stereocenters. The number of amides is 1. The standard InChI is InChI=1S/C19H21NO2S/c1-13(21)14-5-7-15(8-6-14)18(22)20-16-9-11-17(12-10-16)23-19(2,3)4/h5-12H,1-4H3,(H,20,22). The normalized spacial score (nSPS) is 11.1. The summed E-state index contributed by atoms with van der Waals surface area (Å²) < 4.78 is 0.156. The molecule has 0 aliphatic carbocycles. The van der Waals surface area contributed by atoms with E-state index in [2.05, 4.69) is 26.1 Å². The first kappa shape index (κ1) is 17.3. The lowest BCUT2D eigenvalue weighted by molar-refractivity contribution is 0.101. The molecule has 3 nitrogen and oxygen atoms in total. The summed E-state index contributed by atoms with van der Waals surface area (Å²) in [6.45, 7) is 8.00. The second-order valence-electron chi connectivity index (χ2n) is 6.33. The van der Waals surface area contributed by atoms with Gasteiger partial charge in [0.25, 0.3) is 5.91 Å². The molecular weight excluding hydrogens is 306 g/mol. The Morgan fingerprint density at radius 2 is 1.39 bits per heavy atom. The average molecular weight is 327 g/mol. The molecule has 2 aromatic carbocycles. The summed E-state index contributed by atoms with van der Waals surface area (Å²) in [5.41, 5.74) is 1.89. The molecule has 0 aliphatic rings. The number of ketones is 1. The number of carbonyl (C=O) groups is 2. The van der Waals surface area contributed by atoms with E-state index < -0.39 is 0 Å². The van der Waals surface area contributed by atoms with Gasteiger partial charge in [-0.25, -0.2) is 0 Å². The fourth-order valence-corrected chi connectivity index (χ4v) is 3.00. The van der Waals surface area contributed by atoms with Gasteiger partial charge in [-0.1, -0.05) is 32.9 Å². The van der Waals surface area contributed by atoms with Gasteiger partial charge in [0.1, 0.15) is 0 Å². The Hall–Kier alpha value is -2.07. The molecule has 0 spiro atoms. The minimum absolute atomic E-state index is 0.0103. The van der Waals surface area contributed by atoms with Crippen LogP contribution in [-0.2, 0) is 0 Å². The highest BCUT2D eigenvalue weighted by Crippen LogP contribution is 2.32. The van der Waals surface area contributed by atoms with Crippen molar-refractivity contribution in [1.82, 2.24) is 0 Å². The maximum Gasteiger partial charge on any atom is 0.255 e. The van der Waals surface area contributed by atoms with Crippen LogP contribution < -0.4 is 5.32 Å². The van der Waals surface area contributed by atoms with Crippen LogP contribution in [0.25, 0.3) is 0 Å². The van der Waals surface area contributed by atoms with E-state index in [1.165, 1.54) is 11.8 Å². The summed E-state index contributed by atoms with van der Waals surface area (Å²) in [5, 5.41) is 2.86. The smallest absolute Gasteiger partial charge is 0.255 e. The third-order valence-electron chi connectivity index (χ3n) is 3.09. The van der Waals surface area contributed by atoms with Gasteiger partial charge < -0.3 is 5.32 Å². The highest BCUT2D eigenvalue weighted by molar-refractivity contribution is 8.00. The van der Waals surface area contributed by atoms with E-state index in [0.717, 1.165) is 5.69 Å². The molecule has 2 rings (SSSR count). The first-order valence-corrected chi connectivity index (χ1v) is 8.28. The predicted molar refractivity (Wildman–Crippen MR) is 96.5 cm³/mol. The van der Waals surface area contributed by atoms with Crippen molar-refractivity contribution in [2.45, 2.75) is 37.3 Å². The molecular formula is C19H21NO2S. The molecule has 23 heavy (non-hydrogen) atoms. The third-order valence-corrected chi connectivity index (χ3v) is 4.21. The Morgan fingerprint density at radius 1 is 0.870 bits per heavy atom. The van der Waals surface area contributed by atoms with Crippen molar-refractivity contribution in [3.8, 4) is 0 Å². The molecule has 1 N–H and O–H groups in total. The van der Waals surface area contributed by atoms with Crippen LogP contribution in [0.4, 0.5) is 5.69 Å². The lowest BCUT2D eigenvalue weighted by Gasteiger charge is -2.17. The molecule has 1 amide bonds. The molecule has 0 radical (unpaired) electrons.